The molecule has 0 bridgehead atoms. The second-order valence-electron chi connectivity index (χ2n) is 4.27. The van der Waals surface area contributed by atoms with Gasteiger partial charge in [0.15, 0.2) is 0 Å². The van der Waals surface area contributed by atoms with Gasteiger partial charge in [-0.25, -0.2) is 9.18 Å². The van der Waals surface area contributed by atoms with Crippen molar-refractivity contribution in [1.29, 1.82) is 5.26 Å². The monoisotopic (exact) mass is 329 g/mol. The van der Waals surface area contributed by atoms with Gasteiger partial charge in [-0.05, 0) is 6.07 Å². The van der Waals surface area contributed by atoms with Crippen LogP contribution < -0.4 is 16.0 Å². The second kappa shape index (κ2) is 5.60. The number of ether oxygens (including phenoxy) is 1. The van der Waals surface area contributed by atoms with Gasteiger partial charge in [-0.2, -0.15) is 18.4 Å². The summed E-state index contributed by atoms with van der Waals surface area (Å²) in [6.07, 6.45) is -5.08. The molecular weight excluding hydrogens is 322 g/mol. The van der Waals surface area contributed by atoms with Crippen molar-refractivity contribution in [1.82, 2.24) is 9.55 Å². The summed E-state index contributed by atoms with van der Waals surface area (Å²) in [5.41, 5.74) is -5.49. The summed E-state index contributed by atoms with van der Waals surface area (Å²) in [6, 6.07) is 3.13. The van der Waals surface area contributed by atoms with Gasteiger partial charge in [0.25, 0.3) is 5.56 Å². The van der Waals surface area contributed by atoms with Crippen molar-refractivity contribution in [2.75, 3.05) is 7.11 Å². The average molecular weight is 329 g/mol. The van der Waals surface area contributed by atoms with Crippen LogP contribution in [-0.4, -0.2) is 16.7 Å². The van der Waals surface area contributed by atoms with Crippen LogP contribution in [0.25, 0.3) is 5.69 Å². The minimum atomic E-state index is -5.08. The van der Waals surface area contributed by atoms with Crippen LogP contribution in [0.5, 0.6) is 5.75 Å². The molecule has 23 heavy (non-hydrogen) atoms. The Balaban J connectivity index is 2.91. The molecule has 1 aromatic heterocycles. The van der Waals surface area contributed by atoms with E-state index in [2.05, 4.69) is 0 Å². The van der Waals surface area contributed by atoms with E-state index in [4.69, 9.17) is 10.00 Å². The van der Waals surface area contributed by atoms with Crippen LogP contribution in [0.4, 0.5) is 17.6 Å². The lowest BCUT2D eigenvalue weighted by Gasteiger charge is -2.16. The van der Waals surface area contributed by atoms with E-state index < -0.39 is 34.6 Å². The molecule has 2 rings (SSSR count). The van der Waals surface area contributed by atoms with Crippen molar-refractivity contribution in [2.24, 2.45) is 0 Å². The second-order valence-corrected chi connectivity index (χ2v) is 4.27. The molecule has 2 aromatic rings. The molecule has 0 spiro atoms. The Kier molecular flexibility index (Phi) is 3.97. The van der Waals surface area contributed by atoms with E-state index in [1.165, 1.54) is 0 Å². The fraction of sp³-hybridized carbons (Fsp3) is 0.154. The summed E-state index contributed by atoms with van der Waals surface area (Å²) in [7, 11) is 1.12. The van der Waals surface area contributed by atoms with Gasteiger partial charge in [0.05, 0.1) is 18.4 Å². The molecular formula is C13H7F4N3O3. The number of nitrogens with one attached hydrogen (secondary N) is 1. The smallest absolute Gasteiger partial charge is 0.432 e. The number of methoxy groups -OCH3 is 1. The van der Waals surface area contributed by atoms with E-state index in [0.717, 1.165) is 13.2 Å². The molecule has 0 saturated carbocycles. The highest BCUT2D eigenvalue weighted by Gasteiger charge is 2.36. The first-order valence-corrected chi connectivity index (χ1v) is 5.90. The third-order valence-electron chi connectivity index (χ3n) is 2.86. The molecule has 0 aliphatic rings. The molecule has 0 fully saturated rings. The minimum absolute atomic E-state index is 0.0413. The number of H-pyrrole nitrogens is 1. The number of hydrogen-bond donors (Lipinski definition) is 1. The third-order valence-corrected chi connectivity index (χ3v) is 2.86. The maximum atomic E-state index is 14.1. The Morgan fingerprint density at radius 2 is 1.91 bits per heavy atom. The summed E-state index contributed by atoms with van der Waals surface area (Å²) in [5, 5.41) is 8.82. The molecule has 0 saturated heterocycles. The molecule has 0 unspecified atom stereocenters. The lowest BCUT2D eigenvalue weighted by molar-refractivity contribution is -0.143. The quantitative estimate of drug-likeness (QED) is 0.847. The highest BCUT2D eigenvalue weighted by molar-refractivity contribution is 5.51. The maximum Gasteiger partial charge on any atom is 0.432 e. The fourth-order valence-corrected chi connectivity index (χ4v) is 1.91. The fourth-order valence-electron chi connectivity index (χ4n) is 1.91. The number of benzene rings is 1. The zero-order chi connectivity index (χ0) is 17.4. The number of rotatable bonds is 2. The number of alkyl halides is 3. The van der Waals surface area contributed by atoms with Crippen LogP contribution >= 0.6 is 0 Å². The summed E-state index contributed by atoms with van der Waals surface area (Å²) in [4.78, 5) is 24.5. The van der Waals surface area contributed by atoms with Gasteiger partial charge in [-0.1, -0.05) is 0 Å². The van der Waals surface area contributed by atoms with Crippen LogP contribution in [0.2, 0.25) is 0 Å². The molecule has 0 atom stereocenters. The van der Waals surface area contributed by atoms with Crippen molar-refractivity contribution >= 4 is 0 Å². The van der Waals surface area contributed by atoms with Crippen LogP contribution in [0.15, 0.2) is 27.8 Å². The first-order chi connectivity index (χ1) is 10.7. The van der Waals surface area contributed by atoms with E-state index in [9.17, 15) is 27.2 Å². The molecule has 1 heterocycles. The van der Waals surface area contributed by atoms with E-state index in [0.29, 0.717) is 6.07 Å². The highest BCUT2D eigenvalue weighted by atomic mass is 19.4. The molecule has 0 aliphatic carbocycles. The molecule has 6 nitrogen and oxygen atoms in total. The lowest BCUT2D eigenvalue weighted by Crippen LogP contribution is -2.34. The van der Waals surface area contributed by atoms with E-state index in [1.807, 2.05) is 0 Å². The Bertz CT molecular complexity index is 922. The van der Waals surface area contributed by atoms with Gasteiger partial charge in [-0.15, -0.1) is 0 Å². The molecule has 1 N–H and O–H groups in total. The van der Waals surface area contributed by atoms with Crippen molar-refractivity contribution in [2.45, 2.75) is 6.18 Å². The first kappa shape index (κ1) is 16.3. The number of nitrogens with zero attached hydrogens (tertiary/aromatic N) is 2. The Morgan fingerprint density at radius 3 is 2.43 bits per heavy atom. The van der Waals surface area contributed by atoms with Crippen LogP contribution in [0, 0.1) is 17.1 Å². The first-order valence-electron chi connectivity index (χ1n) is 5.90. The predicted octanol–water partition coefficient (Wildman–Crippen LogP) is 1.56. The summed E-state index contributed by atoms with van der Waals surface area (Å²) < 4.78 is 57.9. The topological polar surface area (TPSA) is 87.9 Å². The van der Waals surface area contributed by atoms with Gasteiger partial charge in [0, 0.05) is 12.1 Å². The predicted molar refractivity (Wildman–Crippen MR) is 68.9 cm³/mol. The molecule has 0 aliphatic heterocycles. The molecule has 0 radical (unpaired) electrons. The van der Waals surface area contributed by atoms with Crippen molar-refractivity contribution < 1.29 is 22.3 Å². The van der Waals surface area contributed by atoms with Crippen molar-refractivity contribution in [3.8, 4) is 17.5 Å². The largest absolute Gasteiger partial charge is 0.495 e. The summed E-state index contributed by atoms with van der Waals surface area (Å²) in [6.45, 7) is 0. The Morgan fingerprint density at radius 1 is 1.26 bits per heavy atom. The molecule has 1 aromatic carbocycles. The van der Waals surface area contributed by atoms with Crippen LogP contribution in [-0.2, 0) is 6.18 Å². The van der Waals surface area contributed by atoms with E-state index >= 15 is 0 Å². The van der Waals surface area contributed by atoms with E-state index in [-0.39, 0.29) is 21.9 Å². The zero-order valence-electron chi connectivity index (χ0n) is 11.4. The standard InChI is InChI=1S/C13H7F4N3O3/c1-23-9-3-8(7(14)2-6(9)5-18)20-10(13(15,16)17)4-11(21)19-12(20)22/h2-4H,1H3,(H,19,21,22). The normalized spacial score (nSPS) is 11.1. The van der Waals surface area contributed by atoms with Crippen LogP contribution in [0.1, 0.15) is 11.3 Å². The Labute approximate surface area is 125 Å². The van der Waals surface area contributed by atoms with Crippen LogP contribution in [0.3, 0.4) is 0 Å². The number of aromatic nitrogens is 2. The third kappa shape index (κ3) is 2.94. The lowest BCUT2D eigenvalue weighted by atomic mass is 10.1. The maximum absolute atomic E-state index is 14.1. The average Bonchev–Trinajstić information content (AvgIpc) is 2.46. The van der Waals surface area contributed by atoms with Gasteiger partial charge >= 0.3 is 11.9 Å². The molecule has 10 heteroatoms. The van der Waals surface area contributed by atoms with Gasteiger partial charge < -0.3 is 4.74 Å². The summed E-state index contributed by atoms with van der Waals surface area (Å²) >= 11 is 0. The molecule has 120 valence electrons. The van der Waals surface area contributed by atoms with Crippen molar-refractivity contribution in [3.63, 3.8) is 0 Å². The van der Waals surface area contributed by atoms with Gasteiger partial charge in [0.2, 0.25) is 0 Å². The van der Waals surface area contributed by atoms with Gasteiger partial charge in [-0.3, -0.25) is 14.3 Å². The number of aromatic amines is 1. The van der Waals surface area contributed by atoms with E-state index in [1.54, 1.807) is 11.1 Å². The van der Waals surface area contributed by atoms with Gasteiger partial charge in [0.1, 0.15) is 23.3 Å². The Hall–Kier alpha value is -3.09. The number of hydrogen-bond acceptors (Lipinski definition) is 4. The molecule has 0 amide bonds. The summed E-state index contributed by atoms with van der Waals surface area (Å²) in [5.74, 6) is -1.49. The minimum Gasteiger partial charge on any atom is -0.495 e. The SMILES string of the molecule is COc1cc(-n2c(C(F)(F)F)cc(=O)[nH]c2=O)c(F)cc1C#N. The van der Waals surface area contributed by atoms with Crippen molar-refractivity contribution in [3.05, 3.63) is 56.1 Å². The zero-order valence-corrected chi connectivity index (χ0v) is 11.4. The highest BCUT2D eigenvalue weighted by Crippen LogP contribution is 2.31. The number of nitriles is 1. The number of halogens is 4.